The van der Waals surface area contributed by atoms with E-state index in [0.29, 0.717) is 13.2 Å². The van der Waals surface area contributed by atoms with Crippen LogP contribution in [-0.2, 0) is 24.3 Å². The number of carbonyl (C=O) groups is 1. The molecule has 0 bridgehead atoms. The van der Waals surface area contributed by atoms with E-state index in [1.807, 2.05) is 0 Å². The number of ether oxygens (including phenoxy) is 2. The summed E-state index contributed by atoms with van der Waals surface area (Å²) in [6.45, 7) is 2.98. The van der Waals surface area contributed by atoms with Crippen LogP contribution in [0.4, 0.5) is 0 Å². The van der Waals surface area contributed by atoms with E-state index in [4.69, 9.17) is 14.6 Å². The summed E-state index contributed by atoms with van der Waals surface area (Å²) in [4.78, 5) is 10.7. The first kappa shape index (κ1) is 15.4. The van der Waals surface area contributed by atoms with E-state index >= 15 is 0 Å². The SMILES string of the molecule is CCOCCS(=O)(=O)N1CCOCC1CC(=O)O. The lowest BCUT2D eigenvalue weighted by atomic mass is 10.2. The van der Waals surface area contributed by atoms with Crippen molar-refractivity contribution in [3.63, 3.8) is 0 Å². The Morgan fingerprint density at radius 1 is 1.56 bits per heavy atom. The van der Waals surface area contributed by atoms with Crippen molar-refractivity contribution in [2.75, 3.05) is 38.7 Å². The molecule has 106 valence electrons. The van der Waals surface area contributed by atoms with Crippen LogP contribution in [0.1, 0.15) is 13.3 Å². The molecule has 1 fully saturated rings. The summed E-state index contributed by atoms with van der Waals surface area (Å²) >= 11 is 0. The van der Waals surface area contributed by atoms with Gasteiger partial charge in [-0.05, 0) is 6.92 Å². The second-order valence-electron chi connectivity index (χ2n) is 3.95. The van der Waals surface area contributed by atoms with E-state index in [0.717, 1.165) is 0 Å². The summed E-state index contributed by atoms with van der Waals surface area (Å²) < 4.78 is 35.5. The standard InChI is InChI=1S/C10H19NO6S/c1-2-16-5-6-18(14,15)11-3-4-17-8-9(11)7-10(12)13/h9H,2-8H2,1H3,(H,12,13). The zero-order chi connectivity index (χ0) is 13.6. The molecule has 1 N–H and O–H groups in total. The fourth-order valence-corrected chi connectivity index (χ4v) is 3.30. The highest BCUT2D eigenvalue weighted by atomic mass is 32.2. The summed E-state index contributed by atoms with van der Waals surface area (Å²) in [5.74, 6) is -1.16. The van der Waals surface area contributed by atoms with E-state index in [-0.39, 0.29) is 31.9 Å². The smallest absolute Gasteiger partial charge is 0.305 e. The third-order valence-electron chi connectivity index (χ3n) is 2.63. The van der Waals surface area contributed by atoms with Crippen molar-refractivity contribution in [3.8, 4) is 0 Å². The van der Waals surface area contributed by atoms with Crippen LogP contribution < -0.4 is 0 Å². The number of rotatable bonds is 7. The number of hydrogen-bond donors (Lipinski definition) is 1. The van der Waals surface area contributed by atoms with Crippen molar-refractivity contribution in [1.29, 1.82) is 0 Å². The quantitative estimate of drug-likeness (QED) is 0.634. The third-order valence-corrected chi connectivity index (χ3v) is 4.51. The summed E-state index contributed by atoms with van der Waals surface area (Å²) in [7, 11) is -3.49. The minimum atomic E-state index is -3.49. The molecule has 0 radical (unpaired) electrons. The summed E-state index contributed by atoms with van der Waals surface area (Å²) in [5, 5.41) is 8.76. The Balaban J connectivity index is 2.66. The maximum atomic E-state index is 12.0. The molecule has 8 heteroatoms. The van der Waals surface area contributed by atoms with Crippen LogP contribution in [0.2, 0.25) is 0 Å². The first-order valence-electron chi connectivity index (χ1n) is 5.84. The number of carboxylic acids is 1. The fourth-order valence-electron chi connectivity index (χ4n) is 1.79. The Labute approximate surface area is 107 Å². The van der Waals surface area contributed by atoms with Crippen molar-refractivity contribution in [2.24, 2.45) is 0 Å². The molecule has 1 atom stereocenters. The second-order valence-corrected chi connectivity index (χ2v) is 5.99. The lowest BCUT2D eigenvalue weighted by molar-refractivity contribution is -0.139. The van der Waals surface area contributed by atoms with E-state index in [9.17, 15) is 13.2 Å². The van der Waals surface area contributed by atoms with Crippen molar-refractivity contribution in [1.82, 2.24) is 4.31 Å². The van der Waals surface area contributed by atoms with Crippen molar-refractivity contribution in [2.45, 2.75) is 19.4 Å². The largest absolute Gasteiger partial charge is 0.481 e. The fraction of sp³-hybridized carbons (Fsp3) is 0.900. The van der Waals surface area contributed by atoms with Gasteiger partial charge in [0, 0.05) is 13.2 Å². The van der Waals surface area contributed by atoms with E-state index in [1.165, 1.54) is 4.31 Å². The number of sulfonamides is 1. The molecule has 0 aromatic carbocycles. The molecule has 1 saturated heterocycles. The van der Waals surface area contributed by atoms with Gasteiger partial charge in [0.1, 0.15) is 0 Å². The van der Waals surface area contributed by atoms with Crippen LogP contribution in [-0.4, -0.2) is 68.6 Å². The summed E-state index contributed by atoms with van der Waals surface area (Å²) in [5.41, 5.74) is 0. The molecule has 0 aliphatic carbocycles. The maximum Gasteiger partial charge on any atom is 0.305 e. The van der Waals surface area contributed by atoms with Gasteiger partial charge in [0.15, 0.2) is 0 Å². The molecule has 0 spiro atoms. The lowest BCUT2D eigenvalue weighted by Crippen LogP contribution is -2.50. The van der Waals surface area contributed by atoms with Gasteiger partial charge in [-0.25, -0.2) is 8.42 Å². The van der Waals surface area contributed by atoms with Gasteiger partial charge < -0.3 is 14.6 Å². The van der Waals surface area contributed by atoms with Crippen molar-refractivity contribution in [3.05, 3.63) is 0 Å². The Bertz CT molecular complexity index is 369. The maximum absolute atomic E-state index is 12.0. The summed E-state index contributed by atoms with van der Waals surface area (Å²) in [6.07, 6.45) is -0.242. The number of hydrogen-bond acceptors (Lipinski definition) is 5. The number of carboxylic acid groups (broad SMARTS) is 1. The molecule has 1 unspecified atom stereocenters. The Morgan fingerprint density at radius 2 is 2.28 bits per heavy atom. The van der Waals surface area contributed by atoms with E-state index in [1.54, 1.807) is 6.92 Å². The molecule has 7 nitrogen and oxygen atoms in total. The van der Waals surface area contributed by atoms with Gasteiger partial charge in [-0.3, -0.25) is 4.79 Å². The predicted molar refractivity (Wildman–Crippen MR) is 63.8 cm³/mol. The number of morpholine rings is 1. The molecule has 0 aromatic heterocycles. The number of nitrogens with zero attached hydrogens (tertiary/aromatic N) is 1. The predicted octanol–water partition coefficient (Wildman–Crippen LogP) is -0.472. The van der Waals surface area contributed by atoms with Crippen LogP contribution in [0, 0.1) is 0 Å². The minimum Gasteiger partial charge on any atom is -0.481 e. The highest BCUT2D eigenvalue weighted by molar-refractivity contribution is 7.89. The lowest BCUT2D eigenvalue weighted by Gasteiger charge is -2.33. The van der Waals surface area contributed by atoms with Gasteiger partial charge in [0.2, 0.25) is 10.0 Å². The molecule has 0 amide bonds. The van der Waals surface area contributed by atoms with Gasteiger partial charge in [-0.1, -0.05) is 0 Å². The molecular weight excluding hydrogens is 262 g/mol. The first-order chi connectivity index (χ1) is 8.47. The molecular formula is C10H19NO6S. The molecule has 1 heterocycles. The Morgan fingerprint density at radius 3 is 2.89 bits per heavy atom. The molecule has 1 rings (SSSR count). The summed E-state index contributed by atoms with van der Waals surface area (Å²) in [6, 6.07) is -0.622. The minimum absolute atomic E-state index is 0.121. The molecule has 0 aromatic rings. The van der Waals surface area contributed by atoms with Crippen LogP contribution in [0.25, 0.3) is 0 Å². The van der Waals surface area contributed by atoms with Gasteiger partial charge in [-0.2, -0.15) is 4.31 Å². The van der Waals surface area contributed by atoms with Crippen molar-refractivity contribution < 1.29 is 27.8 Å². The van der Waals surface area contributed by atoms with Crippen molar-refractivity contribution >= 4 is 16.0 Å². The zero-order valence-electron chi connectivity index (χ0n) is 10.4. The van der Waals surface area contributed by atoms with Crippen LogP contribution >= 0.6 is 0 Å². The van der Waals surface area contributed by atoms with E-state index in [2.05, 4.69) is 0 Å². The van der Waals surface area contributed by atoms with Gasteiger partial charge in [0.05, 0.1) is 38.0 Å². The zero-order valence-corrected chi connectivity index (χ0v) is 11.2. The highest BCUT2D eigenvalue weighted by Crippen LogP contribution is 2.15. The normalized spacial score (nSPS) is 21.9. The molecule has 1 aliphatic heterocycles. The topological polar surface area (TPSA) is 93.1 Å². The monoisotopic (exact) mass is 281 g/mol. The van der Waals surface area contributed by atoms with Crippen LogP contribution in [0.3, 0.4) is 0 Å². The van der Waals surface area contributed by atoms with Gasteiger partial charge in [0.25, 0.3) is 0 Å². The third kappa shape index (κ3) is 4.52. The Hall–Kier alpha value is -0.700. The van der Waals surface area contributed by atoms with Gasteiger partial charge >= 0.3 is 5.97 Å². The average molecular weight is 281 g/mol. The van der Waals surface area contributed by atoms with E-state index < -0.39 is 22.0 Å². The molecule has 18 heavy (non-hydrogen) atoms. The van der Waals surface area contributed by atoms with Crippen LogP contribution in [0.5, 0.6) is 0 Å². The first-order valence-corrected chi connectivity index (χ1v) is 7.45. The Kier molecular flexibility index (Phi) is 6.00. The van der Waals surface area contributed by atoms with Crippen LogP contribution in [0.15, 0.2) is 0 Å². The number of aliphatic carboxylic acids is 1. The average Bonchev–Trinajstić information content (AvgIpc) is 2.29. The molecule has 0 saturated carbocycles. The highest BCUT2D eigenvalue weighted by Gasteiger charge is 2.33. The van der Waals surface area contributed by atoms with Gasteiger partial charge in [-0.15, -0.1) is 0 Å². The second kappa shape index (κ2) is 7.03. The molecule has 1 aliphatic rings.